The highest BCUT2D eigenvalue weighted by atomic mass is 32.2. The molecule has 1 aromatic heterocycles. The molecule has 1 heterocycles. The van der Waals surface area contributed by atoms with Crippen molar-refractivity contribution < 1.29 is 9.53 Å². The van der Waals surface area contributed by atoms with Gasteiger partial charge in [-0.1, -0.05) is 0 Å². The predicted molar refractivity (Wildman–Crippen MR) is 55.4 cm³/mol. The number of nitrogens with two attached hydrogens (primary N) is 1. The molecule has 0 bridgehead atoms. The van der Waals surface area contributed by atoms with E-state index >= 15 is 0 Å². The summed E-state index contributed by atoms with van der Waals surface area (Å²) in [6.07, 6.45) is 1.84. The maximum absolute atomic E-state index is 11.5. The van der Waals surface area contributed by atoms with E-state index in [1.165, 1.54) is 16.4 Å². The van der Waals surface area contributed by atoms with E-state index in [0.717, 1.165) is 0 Å². The van der Waals surface area contributed by atoms with Gasteiger partial charge in [-0.05, 0) is 13.2 Å². The first-order valence-electron chi connectivity index (χ1n) is 4.15. The molecule has 0 aliphatic rings. The second-order valence-corrected chi connectivity index (χ2v) is 3.41. The first-order valence-corrected chi connectivity index (χ1v) is 5.37. The van der Waals surface area contributed by atoms with Crippen LogP contribution >= 0.6 is 11.8 Å². The lowest BCUT2D eigenvalue weighted by atomic mass is 10.3. The Labute approximate surface area is 86.6 Å². The molecule has 6 heteroatoms. The molecule has 1 rings (SSSR count). The quantitative estimate of drug-likeness (QED) is 0.599. The Morgan fingerprint density at radius 2 is 2.36 bits per heavy atom. The average molecular weight is 215 g/mol. The van der Waals surface area contributed by atoms with E-state index in [1.54, 1.807) is 14.0 Å². The van der Waals surface area contributed by atoms with Crippen molar-refractivity contribution in [3.8, 4) is 0 Å². The van der Waals surface area contributed by atoms with Crippen molar-refractivity contribution in [3.05, 3.63) is 5.56 Å². The van der Waals surface area contributed by atoms with Crippen LogP contribution in [0.4, 0.5) is 5.82 Å². The molecule has 0 amide bonds. The summed E-state index contributed by atoms with van der Waals surface area (Å²) in [5, 5.41) is 4.69. The van der Waals surface area contributed by atoms with E-state index < -0.39 is 5.97 Å². The second kappa shape index (κ2) is 4.36. The van der Waals surface area contributed by atoms with Crippen molar-refractivity contribution in [3.63, 3.8) is 0 Å². The van der Waals surface area contributed by atoms with Crippen LogP contribution in [-0.2, 0) is 11.8 Å². The highest BCUT2D eigenvalue weighted by molar-refractivity contribution is 7.98. The Balaban J connectivity index is 3.10. The maximum Gasteiger partial charge on any atom is 0.344 e. The summed E-state index contributed by atoms with van der Waals surface area (Å²) in [4.78, 5) is 11.5. The Hall–Kier alpha value is -1.17. The molecule has 0 aliphatic carbocycles. The number of aryl methyl sites for hydroxylation is 1. The van der Waals surface area contributed by atoms with Crippen molar-refractivity contribution in [2.75, 3.05) is 18.6 Å². The predicted octanol–water partition coefficient (Wildman–Crippen LogP) is 0.901. The lowest BCUT2D eigenvalue weighted by molar-refractivity contribution is 0.0523. The van der Waals surface area contributed by atoms with Gasteiger partial charge in [-0.2, -0.15) is 5.10 Å². The molecule has 1 aromatic rings. The lowest BCUT2D eigenvalue weighted by Gasteiger charge is -2.01. The monoisotopic (exact) mass is 215 g/mol. The maximum atomic E-state index is 11.5. The summed E-state index contributed by atoms with van der Waals surface area (Å²) in [6.45, 7) is 2.09. The molecule has 0 radical (unpaired) electrons. The van der Waals surface area contributed by atoms with Gasteiger partial charge in [0.15, 0.2) is 0 Å². The van der Waals surface area contributed by atoms with Gasteiger partial charge in [0.05, 0.1) is 6.61 Å². The molecule has 0 saturated heterocycles. The van der Waals surface area contributed by atoms with Crippen molar-refractivity contribution in [2.45, 2.75) is 11.9 Å². The minimum atomic E-state index is -0.414. The molecular weight excluding hydrogens is 202 g/mol. The fourth-order valence-electron chi connectivity index (χ4n) is 1.05. The fourth-order valence-corrected chi connectivity index (χ4v) is 1.65. The van der Waals surface area contributed by atoms with Crippen molar-refractivity contribution in [1.82, 2.24) is 9.78 Å². The number of ether oxygens (including phenoxy) is 1. The number of carbonyl (C=O) groups excluding carboxylic acids is 1. The van der Waals surface area contributed by atoms with Crippen LogP contribution in [0.15, 0.2) is 5.03 Å². The third-order valence-electron chi connectivity index (χ3n) is 1.73. The molecule has 0 aliphatic heterocycles. The van der Waals surface area contributed by atoms with Crippen LogP contribution in [0, 0.1) is 0 Å². The third-order valence-corrected chi connectivity index (χ3v) is 2.40. The van der Waals surface area contributed by atoms with Crippen LogP contribution in [0.2, 0.25) is 0 Å². The van der Waals surface area contributed by atoms with Crippen LogP contribution in [0.5, 0.6) is 0 Å². The smallest absolute Gasteiger partial charge is 0.344 e. The molecule has 0 fully saturated rings. The van der Waals surface area contributed by atoms with Gasteiger partial charge in [0, 0.05) is 7.05 Å². The number of anilines is 1. The average Bonchev–Trinajstić information content (AvgIpc) is 2.43. The van der Waals surface area contributed by atoms with Crippen molar-refractivity contribution >= 4 is 23.5 Å². The van der Waals surface area contributed by atoms with E-state index in [0.29, 0.717) is 23.0 Å². The van der Waals surface area contributed by atoms with Gasteiger partial charge in [0.25, 0.3) is 0 Å². The number of hydrogen-bond donors (Lipinski definition) is 1. The van der Waals surface area contributed by atoms with Gasteiger partial charge >= 0.3 is 5.97 Å². The third kappa shape index (κ3) is 1.84. The number of rotatable bonds is 3. The van der Waals surface area contributed by atoms with Crippen molar-refractivity contribution in [2.24, 2.45) is 7.05 Å². The van der Waals surface area contributed by atoms with Gasteiger partial charge in [0.1, 0.15) is 16.4 Å². The molecule has 0 saturated carbocycles. The first-order chi connectivity index (χ1) is 6.61. The Kier molecular flexibility index (Phi) is 3.40. The number of aromatic nitrogens is 2. The van der Waals surface area contributed by atoms with Crippen LogP contribution in [-0.4, -0.2) is 28.6 Å². The number of nitrogen functional groups attached to an aromatic ring is 1. The minimum Gasteiger partial charge on any atom is -0.462 e. The zero-order valence-electron chi connectivity index (χ0n) is 8.40. The van der Waals surface area contributed by atoms with E-state index in [2.05, 4.69) is 5.10 Å². The lowest BCUT2D eigenvalue weighted by Crippen LogP contribution is -2.08. The van der Waals surface area contributed by atoms with Gasteiger partial charge in [-0.3, -0.25) is 4.68 Å². The van der Waals surface area contributed by atoms with E-state index in [1.807, 2.05) is 6.26 Å². The van der Waals surface area contributed by atoms with Crippen LogP contribution < -0.4 is 5.73 Å². The number of nitrogens with zero attached hydrogens (tertiary/aromatic N) is 2. The summed E-state index contributed by atoms with van der Waals surface area (Å²) in [5.41, 5.74) is 6.06. The number of hydrogen-bond acceptors (Lipinski definition) is 5. The highest BCUT2D eigenvalue weighted by Gasteiger charge is 2.21. The van der Waals surface area contributed by atoms with E-state index in [4.69, 9.17) is 10.5 Å². The summed E-state index contributed by atoms with van der Waals surface area (Å²) in [5.74, 6) is -0.0738. The molecule has 2 N–H and O–H groups in total. The van der Waals surface area contributed by atoms with E-state index in [9.17, 15) is 4.79 Å². The Morgan fingerprint density at radius 3 is 2.86 bits per heavy atom. The van der Waals surface area contributed by atoms with Crippen LogP contribution in [0.25, 0.3) is 0 Å². The molecular formula is C8H13N3O2S. The van der Waals surface area contributed by atoms with Gasteiger partial charge in [-0.25, -0.2) is 4.79 Å². The molecule has 5 nitrogen and oxygen atoms in total. The number of thioether (sulfide) groups is 1. The van der Waals surface area contributed by atoms with Crippen LogP contribution in [0.3, 0.4) is 0 Å². The summed E-state index contributed by atoms with van der Waals surface area (Å²) in [6, 6.07) is 0. The van der Waals surface area contributed by atoms with Crippen molar-refractivity contribution in [1.29, 1.82) is 0 Å². The van der Waals surface area contributed by atoms with Gasteiger partial charge < -0.3 is 10.5 Å². The summed E-state index contributed by atoms with van der Waals surface area (Å²) < 4.78 is 6.35. The molecule has 78 valence electrons. The Morgan fingerprint density at radius 1 is 1.71 bits per heavy atom. The molecule has 14 heavy (non-hydrogen) atoms. The molecule has 0 unspecified atom stereocenters. The normalized spacial score (nSPS) is 10.2. The highest BCUT2D eigenvalue weighted by Crippen LogP contribution is 2.24. The summed E-state index contributed by atoms with van der Waals surface area (Å²) in [7, 11) is 1.69. The topological polar surface area (TPSA) is 70.1 Å². The SMILES string of the molecule is CCOC(=O)c1c(SC)nn(C)c1N. The fraction of sp³-hybridized carbons (Fsp3) is 0.500. The molecule has 0 spiro atoms. The number of esters is 1. The summed E-state index contributed by atoms with van der Waals surface area (Å²) >= 11 is 1.37. The van der Waals surface area contributed by atoms with E-state index in [-0.39, 0.29) is 0 Å². The standard InChI is InChI=1S/C8H13N3O2S/c1-4-13-8(12)5-6(9)11(2)10-7(5)14-3/h4,9H2,1-3H3. The molecule has 0 aromatic carbocycles. The van der Waals surface area contributed by atoms with Gasteiger partial charge in [0.2, 0.25) is 0 Å². The first kappa shape index (κ1) is 10.9. The van der Waals surface area contributed by atoms with Gasteiger partial charge in [-0.15, -0.1) is 11.8 Å². The Bertz CT molecular complexity index is 349. The zero-order chi connectivity index (χ0) is 10.7. The largest absolute Gasteiger partial charge is 0.462 e. The number of carbonyl (C=O) groups is 1. The minimum absolute atomic E-state index is 0.334. The van der Waals surface area contributed by atoms with Crippen LogP contribution in [0.1, 0.15) is 17.3 Å². The molecule has 0 atom stereocenters. The zero-order valence-corrected chi connectivity index (χ0v) is 9.22. The second-order valence-electron chi connectivity index (χ2n) is 2.61.